The summed E-state index contributed by atoms with van der Waals surface area (Å²) in [5, 5.41) is 0. The maximum Gasteiger partial charge on any atom is 0.395 e. The molecule has 2 heterocycles. The molecule has 0 radical (unpaired) electrons. The number of hydrogen-bond donors (Lipinski definition) is 1. The van der Waals surface area contributed by atoms with Crippen LogP contribution < -0.4 is 5.73 Å². The molecule has 0 aliphatic rings. The number of aromatic nitrogens is 4. The maximum absolute atomic E-state index is 12.5. The average Bonchev–Trinajstić information content (AvgIpc) is 2.86. The van der Waals surface area contributed by atoms with Gasteiger partial charge >= 0.3 is 12.4 Å². The molecule has 0 bridgehead atoms. The summed E-state index contributed by atoms with van der Waals surface area (Å²) in [6, 6.07) is 0. The molecule has 2 N–H and O–H groups in total. The van der Waals surface area contributed by atoms with E-state index in [-0.39, 0.29) is 12.4 Å². The van der Waals surface area contributed by atoms with Crippen LogP contribution in [0.4, 0.5) is 32.2 Å². The van der Waals surface area contributed by atoms with Gasteiger partial charge in [-0.2, -0.15) is 26.3 Å². The number of halogens is 6. The second-order valence-electron chi connectivity index (χ2n) is 6.04. The molecule has 2 aromatic rings. The lowest BCUT2D eigenvalue weighted by Gasteiger charge is -2.23. The first-order valence-electron chi connectivity index (χ1n) is 7.51. The van der Waals surface area contributed by atoms with Crippen molar-refractivity contribution in [2.75, 3.05) is 24.4 Å². The Morgan fingerprint density at radius 1 is 1.15 bits per heavy atom. The number of fused-ring (bicyclic) bond motifs is 1. The second kappa shape index (κ2) is 7.63. The maximum atomic E-state index is 12.5. The van der Waals surface area contributed by atoms with E-state index in [9.17, 15) is 30.9 Å². The largest absolute Gasteiger partial charge is 0.395 e. The van der Waals surface area contributed by atoms with Gasteiger partial charge in [-0.3, -0.25) is 0 Å². The Labute approximate surface area is 149 Å². The van der Waals surface area contributed by atoms with Crippen molar-refractivity contribution in [3.05, 3.63) is 12.7 Å². The average molecular weight is 419 g/mol. The lowest BCUT2D eigenvalue weighted by molar-refractivity contribution is -0.113. The van der Waals surface area contributed by atoms with Crippen LogP contribution in [-0.4, -0.2) is 56.6 Å². The summed E-state index contributed by atoms with van der Waals surface area (Å²) in [5.74, 6) is 0.118. The Morgan fingerprint density at radius 2 is 1.74 bits per heavy atom. The molecule has 1 atom stereocenters. The van der Waals surface area contributed by atoms with Crippen molar-refractivity contribution in [3.63, 3.8) is 0 Å². The third-order valence-electron chi connectivity index (χ3n) is 3.41. The Morgan fingerprint density at radius 3 is 2.30 bits per heavy atom. The molecule has 27 heavy (non-hydrogen) atoms. The van der Waals surface area contributed by atoms with Crippen LogP contribution in [0.5, 0.6) is 0 Å². The molecule has 0 aliphatic heterocycles. The first kappa shape index (κ1) is 21.4. The third kappa shape index (κ3) is 6.35. The zero-order valence-corrected chi connectivity index (χ0v) is 14.9. The van der Waals surface area contributed by atoms with Crippen LogP contribution in [-0.2, 0) is 15.8 Å². The molecule has 0 saturated carbocycles. The quantitative estimate of drug-likeness (QED) is 0.547. The van der Waals surface area contributed by atoms with Gasteiger partial charge in [0, 0.05) is 0 Å². The summed E-state index contributed by atoms with van der Waals surface area (Å²) in [7, 11) is -4.70. The number of hydrogen-bond acceptors (Lipinski definition) is 6. The minimum Gasteiger partial charge on any atom is -0.382 e. The molecule has 0 aromatic carbocycles. The molecule has 0 spiro atoms. The summed E-state index contributed by atoms with van der Waals surface area (Å²) in [4.78, 5) is 11.7. The van der Waals surface area contributed by atoms with E-state index in [2.05, 4.69) is 15.0 Å². The van der Waals surface area contributed by atoms with Crippen LogP contribution in [0.3, 0.4) is 0 Å². The fourth-order valence-electron chi connectivity index (χ4n) is 2.43. The number of nitrogens with two attached hydrogens (primary N) is 1. The number of alkyl halides is 6. The first-order valence-corrected chi connectivity index (χ1v) is 9.78. The molecular formula is C13H16F6N5O2P. The monoisotopic (exact) mass is 419 g/mol. The third-order valence-corrected chi connectivity index (χ3v) is 5.90. The standard InChI is InChI=1S/C13H16F6N5O2P/c1-8(2-24-6-23-9-10(20)21-5-22-11(9)24)26-7-27(25,3-12(14,15)16)4-13(17,18)19/h5-6,8H,2-4,7H2,1H3,(H2,20,21,22)/t8-/m1/s1. The van der Waals surface area contributed by atoms with Crippen LogP contribution in [0.2, 0.25) is 0 Å². The van der Waals surface area contributed by atoms with Gasteiger partial charge < -0.3 is 19.6 Å². The van der Waals surface area contributed by atoms with E-state index in [0.717, 1.165) is 0 Å². The van der Waals surface area contributed by atoms with Gasteiger partial charge in [-0.05, 0) is 6.92 Å². The van der Waals surface area contributed by atoms with Crippen molar-refractivity contribution in [1.82, 2.24) is 19.5 Å². The Balaban J connectivity index is 2.07. The van der Waals surface area contributed by atoms with E-state index in [1.165, 1.54) is 24.1 Å². The van der Waals surface area contributed by atoms with E-state index in [1.807, 2.05) is 0 Å². The predicted molar refractivity (Wildman–Crippen MR) is 84.6 cm³/mol. The van der Waals surface area contributed by atoms with Gasteiger partial charge in [0.25, 0.3) is 0 Å². The van der Waals surface area contributed by atoms with Crippen molar-refractivity contribution in [2.45, 2.75) is 31.9 Å². The highest BCUT2D eigenvalue weighted by atomic mass is 31.2. The number of nitrogen functional groups attached to an aromatic ring is 1. The molecule has 2 rings (SSSR count). The van der Waals surface area contributed by atoms with Gasteiger partial charge in [0.15, 0.2) is 11.5 Å². The lowest BCUT2D eigenvalue weighted by Crippen LogP contribution is -2.26. The van der Waals surface area contributed by atoms with Gasteiger partial charge in [0.1, 0.15) is 25.3 Å². The lowest BCUT2D eigenvalue weighted by atomic mass is 10.4. The SMILES string of the molecule is C[C@H](Cn1cnc2c(N)ncnc21)OCP(=O)(CC(F)(F)F)CC(F)(F)F. The van der Waals surface area contributed by atoms with E-state index in [4.69, 9.17) is 10.5 Å². The highest BCUT2D eigenvalue weighted by molar-refractivity contribution is 7.63. The van der Waals surface area contributed by atoms with Crippen molar-refractivity contribution in [2.24, 2.45) is 0 Å². The van der Waals surface area contributed by atoms with Gasteiger partial charge in [-0.15, -0.1) is 0 Å². The molecule has 0 fully saturated rings. The van der Waals surface area contributed by atoms with Crippen LogP contribution in [0, 0.1) is 0 Å². The minimum atomic E-state index is -5.00. The van der Waals surface area contributed by atoms with E-state index >= 15 is 0 Å². The molecular weight excluding hydrogens is 403 g/mol. The van der Waals surface area contributed by atoms with Gasteiger partial charge in [-0.25, -0.2) is 15.0 Å². The highest BCUT2D eigenvalue weighted by Crippen LogP contribution is 2.53. The summed E-state index contributed by atoms with van der Waals surface area (Å²) in [6.07, 6.45) is -13.5. The fourth-order valence-corrected chi connectivity index (χ4v) is 4.55. The van der Waals surface area contributed by atoms with Gasteiger partial charge in [0.2, 0.25) is 0 Å². The van der Waals surface area contributed by atoms with E-state index in [0.29, 0.717) is 11.2 Å². The molecule has 7 nitrogen and oxygen atoms in total. The molecule has 0 amide bonds. The number of imidazole rings is 1. The zero-order chi connectivity index (χ0) is 20.5. The van der Waals surface area contributed by atoms with Crippen molar-refractivity contribution < 1.29 is 35.6 Å². The van der Waals surface area contributed by atoms with E-state index < -0.39 is 44.3 Å². The van der Waals surface area contributed by atoms with Crippen LogP contribution in [0.25, 0.3) is 11.2 Å². The predicted octanol–water partition coefficient (Wildman–Crippen LogP) is 3.26. The molecule has 2 aromatic heterocycles. The zero-order valence-electron chi connectivity index (χ0n) is 14.0. The van der Waals surface area contributed by atoms with Gasteiger partial charge in [-0.1, -0.05) is 0 Å². The minimum absolute atomic E-state index is 0.00495. The van der Waals surface area contributed by atoms with Crippen molar-refractivity contribution >= 4 is 24.1 Å². The normalized spacial score (nSPS) is 14.6. The number of rotatable bonds is 7. The smallest absolute Gasteiger partial charge is 0.382 e. The summed E-state index contributed by atoms with van der Waals surface area (Å²) >= 11 is 0. The topological polar surface area (TPSA) is 95.9 Å². The van der Waals surface area contributed by atoms with Crippen LogP contribution in [0.1, 0.15) is 6.92 Å². The summed E-state index contributed by atoms with van der Waals surface area (Å²) in [5.41, 5.74) is 6.25. The molecule has 152 valence electrons. The van der Waals surface area contributed by atoms with E-state index in [1.54, 1.807) is 0 Å². The van der Waals surface area contributed by atoms with Crippen LogP contribution >= 0.6 is 7.14 Å². The highest BCUT2D eigenvalue weighted by Gasteiger charge is 2.46. The molecule has 0 aliphatic carbocycles. The summed E-state index contributed by atoms with van der Waals surface area (Å²) < 4.78 is 93.9. The Hall–Kier alpha value is -1.88. The number of nitrogens with zero attached hydrogens (tertiary/aromatic N) is 4. The van der Waals surface area contributed by atoms with Crippen molar-refractivity contribution in [3.8, 4) is 0 Å². The molecule has 0 saturated heterocycles. The van der Waals surface area contributed by atoms with Crippen molar-refractivity contribution in [1.29, 1.82) is 0 Å². The number of ether oxygens (including phenoxy) is 1. The molecule has 14 heteroatoms. The Kier molecular flexibility index (Phi) is 6.05. The van der Waals surface area contributed by atoms with Crippen LogP contribution in [0.15, 0.2) is 12.7 Å². The molecule has 0 unspecified atom stereocenters. The Bertz CT molecular complexity index is 817. The second-order valence-corrected chi connectivity index (χ2v) is 9.05. The first-order chi connectivity index (χ1) is 12.3. The fraction of sp³-hybridized carbons (Fsp3) is 0.615. The number of anilines is 1. The summed E-state index contributed by atoms with van der Waals surface area (Å²) in [6.45, 7) is 1.42. The van der Waals surface area contributed by atoms with Gasteiger partial charge in [0.05, 0.1) is 31.3 Å².